The molecule has 7 nitrogen and oxygen atoms in total. The normalized spacial score (nSPS) is 11.9. The van der Waals surface area contributed by atoms with Crippen LogP contribution in [0, 0.1) is 29.3 Å². The van der Waals surface area contributed by atoms with Crippen molar-refractivity contribution < 1.29 is 13.2 Å². The number of aromatic nitrogens is 3. The highest BCUT2D eigenvalue weighted by atomic mass is 19.1. The number of fused-ring (bicyclic) bond motifs is 1. The number of nitroso groups, excluding NO2 is 1. The zero-order chi connectivity index (χ0) is 26.8. The molecule has 38 heavy (non-hydrogen) atoms. The van der Waals surface area contributed by atoms with Crippen LogP contribution in [0.1, 0.15) is 17.2 Å². The van der Waals surface area contributed by atoms with Crippen LogP contribution >= 0.6 is 0 Å². The second kappa shape index (κ2) is 10.3. The average Bonchev–Trinajstić information content (AvgIpc) is 2.90. The van der Waals surface area contributed by atoms with E-state index in [1.807, 2.05) is 6.07 Å². The number of aryl methyl sites for hydroxylation is 1. The van der Waals surface area contributed by atoms with Crippen LogP contribution in [0.2, 0.25) is 0 Å². The molecule has 1 unspecified atom stereocenters. The number of para-hydroxylation sites is 1. The van der Waals surface area contributed by atoms with Crippen LogP contribution in [-0.2, 0) is 0 Å². The summed E-state index contributed by atoms with van der Waals surface area (Å²) in [5.74, 6) is -2.38. The predicted octanol–water partition coefficient (Wildman–Crippen LogP) is 6.09. The van der Waals surface area contributed by atoms with Crippen LogP contribution in [0.5, 0.6) is 0 Å². The van der Waals surface area contributed by atoms with E-state index in [1.54, 1.807) is 31.2 Å². The highest BCUT2D eigenvalue weighted by Crippen LogP contribution is 2.31. The van der Waals surface area contributed by atoms with Crippen LogP contribution in [-0.4, -0.2) is 21.1 Å². The monoisotopic (exact) mass is 515 g/mol. The Morgan fingerprint density at radius 3 is 2.34 bits per heavy atom. The fraction of sp³-hybridized carbons (Fsp3) is 0.107. The fourth-order valence-electron chi connectivity index (χ4n) is 4.29. The van der Waals surface area contributed by atoms with E-state index in [0.29, 0.717) is 27.8 Å². The summed E-state index contributed by atoms with van der Waals surface area (Å²) in [5, 5.41) is 6.45. The molecular formula is C28H20F3N5O2. The van der Waals surface area contributed by atoms with Gasteiger partial charge in [-0.1, -0.05) is 41.6 Å². The molecule has 2 heterocycles. The number of nitrogens with one attached hydrogen (secondary N) is 1. The Morgan fingerprint density at radius 2 is 1.66 bits per heavy atom. The van der Waals surface area contributed by atoms with Crippen molar-refractivity contribution in [3.05, 3.63) is 123 Å². The molecule has 0 amide bonds. The highest BCUT2D eigenvalue weighted by molar-refractivity contribution is 5.93. The van der Waals surface area contributed by atoms with E-state index in [0.717, 1.165) is 22.8 Å². The first-order valence-electron chi connectivity index (χ1n) is 11.6. The molecule has 1 N–H and O–H groups in total. The van der Waals surface area contributed by atoms with E-state index in [4.69, 9.17) is 0 Å². The first-order valence-corrected chi connectivity index (χ1v) is 11.6. The van der Waals surface area contributed by atoms with Gasteiger partial charge in [0.25, 0.3) is 5.56 Å². The van der Waals surface area contributed by atoms with Crippen molar-refractivity contribution in [2.45, 2.75) is 13.0 Å². The van der Waals surface area contributed by atoms with E-state index in [-0.39, 0.29) is 18.1 Å². The first-order chi connectivity index (χ1) is 18.4. The maximum atomic E-state index is 14.8. The van der Waals surface area contributed by atoms with Crippen LogP contribution < -0.4 is 10.9 Å². The van der Waals surface area contributed by atoms with Crippen LogP contribution in [0.3, 0.4) is 0 Å². The van der Waals surface area contributed by atoms with Crippen LogP contribution in [0.25, 0.3) is 28.0 Å². The summed E-state index contributed by atoms with van der Waals surface area (Å²) < 4.78 is 44.3. The van der Waals surface area contributed by atoms with Crippen LogP contribution in [0.4, 0.5) is 19.1 Å². The molecule has 0 spiro atoms. The van der Waals surface area contributed by atoms with E-state index >= 15 is 0 Å². The molecule has 0 aliphatic carbocycles. The lowest BCUT2D eigenvalue weighted by Crippen LogP contribution is -2.22. The maximum Gasteiger partial charge on any atom is 0.256 e. The topological polar surface area (TPSA) is 89.2 Å². The largest absolute Gasteiger partial charge is 0.352 e. The van der Waals surface area contributed by atoms with Crippen molar-refractivity contribution >= 4 is 17.0 Å². The Morgan fingerprint density at radius 1 is 0.921 bits per heavy atom. The minimum absolute atomic E-state index is 0.00594. The predicted molar refractivity (Wildman–Crippen MR) is 139 cm³/mol. The smallest absolute Gasteiger partial charge is 0.256 e. The molecule has 1 atom stereocenters. The summed E-state index contributed by atoms with van der Waals surface area (Å²) in [6.07, 6.45) is 0. The van der Waals surface area contributed by atoms with E-state index in [2.05, 4.69) is 20.5 Å². The summed E-state index contributed by atoms with van der Waals surface area (Å²) in [7, 11) is 0. The molecule has 10 heteroatoms. The van der Waals surface area contributed by atoms with Crippen molar-refractivity contribution in [3.63, 3.8) is 0 Å². The average molecular weight is 515 g/mol. The third-order valence-electron chi connectivity index (χ3n) is 6.12. The number of anilines is 1. The van der Waals surface area contributed by atoms with Gasteiger partial charge in [0, 0.05) is 23.6 Å². The standard InChI is InChI=1S/C28H20F3N5O2/c1-16-14-18(29)10-11-19(16)25-20-12-13-24(37)36(26-21(30)8-5-9-22(26)31)27(20)34-28(33-25)32-15-23(35-38)17-6-3-2-4-7-17/h2-14,23H,15H2,1H3,(H,32,33,34). The molecule has 2 aromatic heterocycles. The third kappa shape index (κ3) is 4.63. The van der Waals surface area contributed by atoms with Gasteiger partial charge in [-0.25, -0.2) is 18.2 Å². The Hall–Kier alpha value is -4.86. The van der Waals surface area contributed by atoms with Crippen molar-refractivity contribution in [2.75, 3.05) is 11.9 Å². The number of pyridine rings is 1. The Kier molecular flexibility index (Phi) is 6.69. The number of nitrogens with zero attached hydrogens (tertiary/aromatic N) is 4. The molecule has 190 valence electrons. The Balaban J connectivity index is 1.73. The molecule has 0 fully saturated rings. The molecule has 5 aromatic rings. The lowest BCUT2D eigenvalue weighted by atomic mass is 10.0. The summed E-state index contributed by atoms with van der Waals surface area (Å²) in [5.41, 5.74) is 0.646. The first kappa shape index (κ1) is 24.8. The van der Waals surface area contributed by atoms with E-state index in [9.17, 15) is 22.9 Å². The molecule has 0 radical (unpaired) electrons. The lowest BCUT2D eigenvalue weighted by molar-refractivity contribution is 0.568. The van der Waals surface area contributed by atoms with Gasteiger partial charge in [-0.15, -0.1) is 0 Å². The number of benzene rings is 3. The molecule has 0 bridgehead atoms. The van der Waals surface area contributed by atoms with Crippen LogP contribution in [0.15, 0.2) is 88.8 Å². The third-order valence-corrected chi connectivity index (χ3v) is 6.12. The summed E-state index contributed by atoms with van der Waals surface area (Å²) in [4.78, 5) is 33.5. The molecule has 0 aliphatic rings. The van der Waals surface area contributed by atoms with Gasteiger partial charge in [0.05, 0.1) is 5.69 Å². The van der Waals surface area contributed by atoms with Gasteiger partial charge >= 0.3 is 0 Å². The molecule has 3 aromatic carbocycles. The molecule has 5 rings (SSSR count). The van der Waals surface area contributed by atoms with Crippen molar-refractivity contribution in [3.8, 4) is 16.9 Å². The van der Waals surface area contributed by atoms with Gasteiger partial charge in [0.2, 0.25) is 5.95 Å². The van der Waals surface area contributed by atoms with Gasteiger partial charge in [0.1, 0.15) is 29.2 Å². The maximum absolute atomic E-state index is 14.8. The zero-order valence-corrected chi connectivity index (χ0v) is 20.0. The van der Waals surface area contributed by atoms with Gasteiger partial charge < -0.3 is 5.32 Å². The Bertz CT molecular complexity index is 1700. The summed E-state index contributed by atoms with van der Waals surface area (Å²) >= 11 is 0. The minimum atomic E-state index is -0.957. The second-order valence-corrected chi connectivity index (χ2v) is 8.58. The van der Waals surface area contributed by atoms with Crippen molar-refractivity contribution in [1.82, 2.24) is 14.5 Å². The SMILES string of the molecule is Cc1cc(F)ccc1-c1nc(NCC(N=O)c2ccccc2)nc2c1ccc(=O)n2-c1c(F)cccc1F. The number of halogens is 3. The quantitative estimate of drug-likeness (QED) is 0.265. The molecule has 0 aliphatic heterocycles. The molecule has 0 saturated heterocycles. The Labute approximate surface area is 214 Å². The second-order valence-electron chi connectivity index (χ2n) is 8.58. The number of hydrogen-bond donors (Lipinski definition) is 1. The van der Waals surface area contributed by atoms with Crippen molar-refractivity contribution in [1.29, 1.82) is 0 Å². The van der Waals surface area contributed by atoms with Gasteiger partial charge in [-0.2, -0.15) is 9.89 Å². The van der Waals surface area contributed by atoms with Gasteiger partial charge in [0.15, 0.2) is 5.65 Å². The molecule has 0 saturated carbocycles. The summed E-state index contributed by atoms with van der Waals surface area (Å²) in [6.45, 7) is 1.69. The minimum Gasteiger partial charge on any atom is -0.352 e. The molecular weight excluding hydrogens is 495 g/mol. The summed E-state index contributed by atoms with van der Waals surface area (Å²) in [6, 6.07) is 18.1. The number of rotatable bonds is 7. The van der Waals surface area contributed by atoms with Crippen molar-refractivity contribution in [2.24, 2.45) is 5.18 Å². The van der Waals surface area contributed by atoms with E-state index < -0.39 is 34.7 Å². The van der Waals surface area contributed by atoms with Gasteiger partial charge in [-0.05, 0) is 54.4 Å². The number of hydrogen-bond acceptors (Lipinski definition) is 6. The van der Waals surface area contributed by atoms with E-state index in [1.165, 1.54) is 30.3 Å². The highest BCUT2D eigenvalue weighted by Gasteiger charge is 2.21. The lowest BCUT2D eigenvalue weighted by Gasteiger charge is -2.17. The fourth-order valence-corrected chi connectivity index (χ4v) is 4.29. The zero-order valence-electron chi connectivity index (χ0n) is 20.0. The van der Waals surface area contributed by atoms with Gasteiger partial charge in [-0.3, -0.25) is 9.36 Å².